The molecule has 0 bridgehead atoms. The summed E-state index contributed by atoms with van der Waals surface area (Å²) in [6.07, 6.45) is 5.46. The van der Waals surface area contributed by atoms with Crippen LogP contribution in [0.25, 0.3) is 10.9 Å². The molecule has 2 fully saturated rings. The summed E-state index contributed by atoms with van der Waals surface area (Å²) in [5.41, 5.74) is 1.93. The maximum absolute atomic E-state index is 13.9. The van der Waals surface area contributed by atoms with Crippen molar-refractivity contribution in [3.05, 3.63) is 41.8 Å². The Hall–Kier alpha value is -1.52. The number of halogens is 1. The molecule has 1 aliphatic carbocycles. The van der Waals surface area contributed by atoms with E-state index in [1.165, 1.54) is 12.8 Å². The van der Waals surface area contributed by atoms with Crippen LogP contribution >= 0.6 is 0 Å². The van der Waals surface area contributed by atoms with Crippen LogP contribution in [0.2, 0.25) is 0 Å². The van der Waals surface area contributed by atoms with E-state index in [4.69, 9.17) is 4.74 Å². The topological polar surface area (TPSA) is 25.4 Å². The van der Waals surface area contributed by atoms with E-state index in [1.807, 2.05) is 12.1 Å². The van der Waals surface area contributed by atoms with Gasteiger partial charge in [-0.25, -0.2) is 4.39 Å². The first-order chi connectivity index (χ1) is 10.8. The molecule has 2 heterocycles. The van der Waals surface area contributed by atoms with Gasteiger partial charge in [0.05, 0.1) is 12.1 Å². The van der Waals surface area contributed by atoms with Gasteiger partial charge in [0.25, 0.3) is 0 Å². The first-order valence-electron chi connectivity index (χ1n) is 8.15. The van der Waals surface area contributed by atoms with Crippen LogP contribution in [0.1, 0.15) is 24.8 Å². The van der Waals surface area contributed by atoms with E-state index in [1.54, 1.807) is 18.3 Å². The Morgan fingerprint density at radius 1 is 1.23 bits per heavy atom. The van der Waals surface area contributed by atoms with E-state index in [0.29, 0.717) is 17.3 Å². The standard InChI is InChI=1S/C18H21FN2O/c19-17-6-3-14(18-16(17)2-1-8-20-18)11-21(15-4-5-15)10-13-7-9-22-12-13/h1-3,6,8,13,15H,4-5,7,9-12H2/t13-/m1/s1. The van der Waals surface area contributed by atoms with Gasteiger partial charge < -0.3 is 4.74 Å². The van der Waals surface area contributed by atoms with Gasteiger partial charge in [-0.2, -0.15) is 0 Å². The second-order valence-corrected chi connectivity index (χ2v) is 6.50. The summed E-state index contributed by atoms with van der Waals surface area (Å²) in [4.78, 5) is 6.96. The smallest absolute Gasteiger partial charge is 0.132 e. The summed E-state index contributed by atoms with van der Waals surface area (Å²) >= 11 is 0. The molecule has 22 heavy (non-hydrogen) atoms. The molecule has 1 aliphatic heterocycles. The second kappa shape index (κ2) is 5.94. The van der Waals surface area contributed by atoms with Crippen LogP contribution in [-0.4, -0.2) is 35.7 Å². The molecule has 116 valence electrons. The van der Waals surface area contributed by atoms with Gasteiger partial charge in [0.2, 0.25) is 0 Å². The minimum Gasteiger partial charge on any atom is -0.381 e. The summed E-state index contributed by atoms with van der Waals surface area (Å²) < 4.78 is 19.4. The lowest BCUT2D eigenvalue weighted by atomic mass is 10.1. The summed E-state index contributed by atoms with van der Waals surface area (Å²) in [5, 5.41) is 0.625. The molecule has 0 spiro atoms. The third-order valence-electron chi connectivity index (χ3n) is 4.75. The molecule has 1 saturated carbocycles. The van der Waals surface area contributed by atoms with E-state index >= 15 is 0 Å². The number of hydrogen-bond donors (Lipinski definition) is 0. The molecule has 1 atom stereocenters. The van der Waals surface area contributed by atoms with Gasteiger partial charge in [-0.05, 0) is 48.9 Å². The molecule has 1 saturated heterocycles. The molecule has 3 nitrogen and oxygen atoms in total. The van der Waals surface area contributed by atoms with Crippen molar-refractivity contribution in [3.8, 4) is 0 Å². The Labute approximate surface area is 130 Å². The number of hydrogen-bond acceptors (Lipinski definition) is 3. The normalized spacial score (nSPS) is 21.8. The van der Waals surface area contributed by atoms with E-state index in [0.717, 1.165) is 43.8 Å². The van der Waals surface area contributed by atoms with Crippen LogP contribution in [0.15, 0.2) is 30.5 Å². The molecule has 0 N–H and O–H groups in total. The molecule has 4 rings (SSSR count). The number of benzene rings is 1. The zero-order valence-electron chi connectivity index (χ0n) is 12.7. The van der Waals surface area contributed by atoms with Crippen molar-refractivity contribution in [1.29, 1.82) is 0 Å². The number of nitrogens with zero attached hydrogens (tertiary/aromatic N) is 2. The van der Waals surface area contributed by atoms with Crippen molar-refractivity contribution in [2.24, 2.45) is 5.92 Å². The fourth-order valence-corrected chi connectivity index (χ4v) is 3.38. The largest absolute Gasteiger partial charge is 0.381 e. The van der Waals surface area contributed by atoms with Crippen LogP contribution in [0.5, 0.6) is 0 Å². The third-order valence-corrected chi connectivity index (χ3v) is 4.75. The van der Waals surface area contributed by atoms with E-state index in [-0.39, 0.29) is 5.82 Å². The lowest BCUT2D eigenvalue weighted by Gasteiger charge is -2.25. The average Bonchev–Trinajstić information content (AvgIpc) is 3.27. The molecule has 0 unspecified atom stereocenters. The molecule has 0 radical (unpaired) electrons. The molecular formula is C18H21FN2O. The van der Waals surface area contributed by atoms with Gasteiger partial charge in [0.15, 0.2) is 0 Å². The third kappa shape index (κ3) is 2.85. The highest BCUT2D eigenvalue weighted by Gasteiger charge is 2.32. The first-order valence-corrected chi connectivity index (χ1v) is 8.15. The Bertz CT molecular complexity index is 665. The number of aromatic nitrogens is 1. The summed E-state index contributed by atoms with van der Waals surface area (Å²) in [7, 11) is 0. The van der Waals surface area contributed by atoms with E-state index in [9.17, 15) is 4.39 Å². The molecule has 1 aromatic carbocycles. The SMILES string of the molecule is Fc1ccc(CN(C[C@H]2CCOC2)C2CC2)c2ncccc12. The minimum atomic E-state index is -0.186. The van der Waals surface area contributed by atoms with Crippen LogP contribution in [-0.2, 0) is 11.3 Å². The molecule has 0 amide bonds. The van der Waals surface area contributed by atoms with Gasteiger partial charge in [-0.3, -0.25) is 9.88 Å². The van der Waals surface area contributed by atoms with Crippen LogP contribution in [0.3, 0.4) is 0 Å². The van der Waals surface area contributed by atoms with Crippen LogP contribution in [0.4, 0.5) is 4.39 Å². The molecule has 2 aliphatic rings. The van der Waals surface area contributed by atoms with Crippen LogP contribution in [0, 0.1) is 11.7 Å². The van der Waals surface area contributed by atoms with E-state index in [2.05, 4.69) is 9.88 Å². The van der Waals surface area contributed by atoms with Gasteiger partial charge in [0.1, 0.15) is 5.82 Å². The maximum atomic E-state index is 13.9. The predicted octanol–water partition coefficient (Wildman–Crippen LogP) is 3.37. The van der Waals surface area contributed by atoms with Crippen molar-refractivity contribution >= 4 is 10.9 Å². The summed E-state index contributed by atoms with van der Waals surface area (Å²) in [6.45, 7) is 3.71. The zero-order chi connectivity index (χ0) is 14.9. The predicted molar refractivity (Wildman–Crippen MR) is 84.1 cm³/mol. The molecular weight excluding hydrogens is 279 g/mol. The Morgan fingerprint density at radius 2 is 2.14 bits per heavy atom. The molecule has 1 aromatic heterocycles. The van der Waals surface area contributed by atoms with Gasteiger partial charge in [-0.15, -0.1) is 0 Å². The Balaban J connectivity index is 1.59. The highest BCUT2D eigenvalue weighted by atomic mass is 19.1. The number of pyridine rings is 1. The molecule has 4 heteroatoms. The van der Waals surface area contributed by atoms with Crippen molar-refractivity contribution in [2.45, 2.75) is 31.8 Å². The van der Waals surface area contributed by atoms with Gasteiger partial charge in [0, 0.05) is 37.3 Å². The first kappa shape index (κ1) is 14.1. The highest BCUT2D eigenvalue weighted by Crippen LogP contribution is 2.31. The zero-order valence-corrected chi connectivity index (χ0v) is 12.7. The minimum absolute atomic E-state index is 0.186. The quantitative estimate of drug-likeness (QED) is 0.846. The van der Waals surface area contributed by atoms with Gasteiger partial charge >= 0.3 is 0 Å². The average molecular weight is 300 g/mol. The fraction of sp³-hybridized carbons (Fsp3) is 0.500. The monoisotopic (exact) mass is 300 g/mol. The number of fused-ring (bicyclic) bond motifs is 1. The summed E-state index contributed by atoms with van der Waals surface area (Å²) in [5.74, 6) is 0.453. The number of ether oxygens (including phenoxy) is 1. The van der Waals surface area contributed by atoms with Crippen LogP contribution < -0.4 is 0 Å². The Kier molecular flexibility index (Phi) is 3.80. The van der Waals surface area contributed by atoms with Crippen molar-refractivity contribution in [3.63, 3.8) is 0 Å². The summed E-state index contributed by atoms with van der Waals surface area (Å²) in [6, 6.07) is 7.76. The van der Waals surface area contributed by atoms with Gasteiger partial charge in [-0.1, -0.05) is 6.07 Å². The molecule has 2 aromatic rings. The lowest BCUT2D eigenvalue weighted by molar-refractivity contribution is 0.161. The fourth-order valence-electron chi connectivity index (χ4n) is 3.38. The van der Waals surface area contributed by atoms with E-state index < -0.39 is 0 Å². The van der Waals surface area contributed by atoms with Crippen molar-refractivity contribution in [1.82, 2.24) is 9.88 Å². The maximum Gasteiger partial charge on any atom is 0.132 e. The second-order valence-electron chi connectivity index (χ2n) is 6.50. The number of rotatable bonds is 5. The van der Waals surface area contributed by atoms with Crippen molar-refractivity contribution < 1.29 is 9.13 Å². The van der Waals surface area contributed by atoms with Crippen molar-refractivity contribution in [2.75, 3.05) is 19.8 Å². The highest BCUT2D eigenvalue weighted by molar-refractivity contribution is 5.82. The lowest BCUT2D eigenvalue weighted by Crippen LogP contribution is -2.31. The Morgan fingerprint density at radius 3 is 2.91 bits per heavy atom.